The smallest absolute Gasteiger partial charge is 0.303 e. The molecule has 0 radical (unpaired) electrons. The molecular formula is C26H40N4O14S2. The van der Waals surface area contributed by atoms with Crippen molar-refractivity contribution in [3.05, 3.63) is 0 Å². The summed E-state index contributed by atoms with van der Waals surface area (Å²) in [5, 5.41) is 44.3. The fourth-order valence-corrected chi connectivity index (χ4v) is 7.04. The summed E-state index contributed by atoms with van der Waals surface area (Å²) in [6.07, 6.45) is -5.61. The zero-order valence-corrected chi connectivity index (χ0v) is 27.2. The van der Waals surface area contributed by atoms with E-state index in [0.29, 0.717) is 10.3 Å². The number of carbonyl (C=O) groups excluding carboxylic acids is 4. The van der Waals surface area contributed by atoms with E-state index in [4.69, 9.17) is 38.6 Å². The second-order valence-electron chi connectivity index (χ2n) is 10.2. The number of hydrogen-bond donors (Lipinski definition) is 6. The van der Waals surface area contributed by atoms with Crippen molar-refractivity contribution in [1.82, 2.24) is 10.6 Å². The van der Waals surface area contributed by atoms with Gasteiger partial charge < -0.3 is 59.5 Å². The predicted octanol–water partition coefficient (Wildman–Crippen LogP) is -2.76. The van der Waals surface area contributed by atoms with Crippen molar-refractivity contribution in [1.29, 1.82) is 0 Å². The first kappa shape index (κ1) is 37.7. The van der Waals surface area contributed by atoms with Crippen LogP contribution in [0.3, 0.4) is 0 Å². The Bertz CT molecular complexity index is 1150. The normalized spacial score (nSPS) is 34.6. The summed E-state index contributed by atoms with van der Waals surface area (Å²) >= 11 is 2.53. The minimum absolute atomic E-state index is 0.0492. The molecule has 4 aliphatic rings. The van der Waals surface area contributed by atoms with Gasteiger partial charge in [-0.15, -0.1) is 0 Å². The Balaban J connectivity index is 0.000000286. The van der Waals surface area contributed by atoms with E-state index in [1.165, 1.54) is 51.2 Å². The molecule has 260 valence electrons. The molecule has 4 saturated heterocycles. The van der Waals surface area contributed by atoms with Gasteiger partial charge in [-0.25, -0.2) is 0 Å². The molecule has 4 rings (SSSR count). The average molecular weight is 697 g/mol. The number of hydrogen-bond acceptors (Lipinski definition) is 18. The molecule has 46 heavy (non-hydrogen) atoms. The lowest BCUT2D eigenvalue weighted by Crippen LogP contribution is -2.62. The number of amidine groups is 2. The first-order valence-corrected chi connectivity index (χ1v) is 16.1. The number of nitrogens with zero attached hydrogens (tertiary/aromatic N) is 2. The van der Waals surface area contributed by atoms with Crippen molar-refractivity contribution in [2.45, 2.75) is 87.3 Å². The van der Waals surface area contributed by atoms with Crippen LogP contribution in [0.4, 0.5) is 0 Å². The van der Waals surface area contributed by atoms with Crippen LogP contribution in [-0.2, 0) is 47.6 Å². The van der Waals surface area contributed by atoms with Crippen LogP contribution in [0.2, 0.25) is 0 Å². The van der Waals surface area contributed by atoms with Gasteiger partial charge in [-0.1, -0.05) is 23.5 Å². The monoisotopic (exact) mass is 696 g/mol. The topological polar surface area (TPSA) is 253 Å². The highest BCUT2D eigenvalue weighted by Gasteiger charge is 2.54. The highest BCUT2D eigenvalue weighted by Crippen LogP contribution is 2.37. The first-order valence-electron chi connectivity index (χ1n) is 14.3. The maximum Gasteiger partial charge on any atom is 0.303 e. The summed E-state index contributed by atoms with van der Waals surface area (Å²) in [5.41, 5.74) is -0.915. The Morgan fingerprint density at radius 3 is 1.85 bits per heavy atom. The Morgan fingerprint density at radius 2 is 1.28 bits per heavy atom. The number of ether oxygens (including phenoxy) is 6. The number of nitrogens with one attached hydrogen (secondary N) is 2. The van der Waals surface area contributed by atoms with Crippen LogP contribution in [0.15, 0.2) is 9.98 Å². The van der Waals surface area contributed by atoms with E-state index >= 15 is 0 Å². The lowest BCUT2D eigenvalue weighted by Gasteiger charge is -2.41. The summed E-state index contributed by atoms with van der Waals surface area (Å²) in [7, 11) is 0. The fourth-order valence-electron chi connectivity index (χ4n) is 4.72. The molecule has 0 saturated carbocycles. The number of esters is 4. The Kier molecular flexibility index (Phi) is 14.8. The number of fused-ring (bicyclic) bond motifs is 2. The fraction of sp³-hybridized carbons (Fsp3) is 0.769. The molecule has 4 aliphatic heterocycles. The third-order valence-electron chi connectivity index (χ3n) is 6.63. The van der Waals surface area contributed by atoms with Gasteiger partial charge in [0.25, 0.3) is 0 Å². The maximum absolute atomic E-state index is 11.7. The van der Waals surface area contributed by atoms with Gasteiger partial charge in [0.1, 0.15) is 54.5 Å². The molecule has 0 aliphatic carbocycles. The number of thioether (sulfide) groups is 2. The van der Waals surface area contributed by atoms with E-state index in [1.807, 2.05) is 0 Å². The van der Waals surface area contributed by atoms with Crippen LogP contribution >= 0.6 is 23.5 Å². The third kappa shape index (κ3) is 10.7. The van der Waals surface area contributed by atoms with Crippen LogP contribution in [0.5, 0.6) is 0 Å². The molecule has 0 amide bonds. The minimum atomic E-state index is -1.12. The summed E-state index contributed by atoms with van der Waals surface area (Å²) in [4.78, 5) is 53.6. The van der Waals surface area contributed by atoms with Crippen molar-refractivity contribution in [2.24, 2.45) is 9.98 Å². The SMILES string of the molecule is CC(=O)OCCN=C1N[C@@H]2[C@@H](OC(C)=O)[C@H](OC(C)=O)[C@@H](COC(C)=O)O[C@@H]2S1.OCCN=C1N[C@@H]2[C@@H](O)[C@H](O)[C@@H](CO)O[C@@H]2S1. The standard InChI is InChI=1S/C17H24N2O9S.C9H16N2O5S/c1-8(20)24-6-5-18-17-19-13-15(27-11(4)23)14(26-10(3)22)12(7-25-9(2)21)28-16(13)29-17;12-2-1-10-9-11-5-7(15)6(14)4(3-13)16-8(5)17-9/h12-16H,5-7H2,1-4H3,(H,18,19);4-8,12-15H,1-3H2,(H,10,11)/t12-,13-,14-,15-,16-;4-,5-,6-,7-,8-/m11/s1. The van der Waals surface area contributed by atoms with E-state index in [-0.39, 0.29) is 45.0 Å². The zero-order chi connectivity index (χ0) is 34.0. The summed E-state index contributed by atoms with van der Waals surface area (Å²) in [6, 6.07) is -0.996. The van der Waals surface area contributed by atoms with Gasteiger partial charge in [-0.3, -0.25) is 29.2 Å². The van der Waals surface area contributed by atoms with Crippen molar-refractivity contribution >= 4 is 57.7 Å². The van der Waals surface area contributed by atoms with E-state index < -0.39 is 78.0 Å². The minimum Gasteiger partial charge on any atom is -0.464 e. The summed E-state index contributed by atoms with van der Waals surface area (Å²) in [6.45, 7) is 5.08. The molecule has 0 spiro atoms. The largest absolute Gasteiger partial charge is 0.464 e. The molecule has 6 N–H and O–H groups in total. The molecule has 4 fully saturated rings. The van der Waals surface area contributed by atoms with Crippen LogP contribution in [0, 0.1) is 0 Å². The molecule has 0 unspecified atom stereocenters. The highest BCUT2D eigenvalue weighted by atomic mass is 32.2. The number of aliphatic hydroxyl groups is 4. The Labute approximate surface area is 272 Å². The molecule has 20 heteroatoms. The molecule has 0 bridgehead atoms. The average Bonchev–Trinajstić information content (AvgIpc) is 3.60. The first-order chi connectivity index (χ1) is 21.8. The zero-order valence-electron chi connectivity index (χ0n) is 25.6. The van der Waals surface area contributed by atoms with Crippen molar-refractivity contribution in [2.75, 3.05) is 39.5 Å². The third-order valence-corrected chi connectivity index (χ3v) is 8.84. The number of aliphatic hydroxyl groups excluding tert-OH is 4. The van der Waals surface area contributed by atoms with Gasteiger partial charge in [-0.05, 0) is 0 Å². The molecule has 10 atom stereocenters. The quantitative estimate of drug-likeness (QED) is 0.0768. The van der Waals surface area contributed by atoms with Crippen LogP contribution in [-0.4, -0.2) is 154 Å². The molecule has 0 aromatic rings. The highest BCUT2D eigenvalue weighted by molar-refractivity contribution is 8.14. The Hall–Kier alpha value is -2.72. The molecule has 0 aromatic carbocycles. The second kappa shape index (κ2) is 18.0. The van der Waals surface area contributed by atoms with Gasteiger partial charge in [0.05, 0.1) is 32.3 Å². The van der Waals surface area contributed by atoms with Gasteiger partial charge in [-0.2, -0.15) is 0 Å². The van der Waals surface area contributed by atoms with Gasteiger partial charge >= 0.3 is 23.9 Å². The number of rotatable bonds is 10. The maximum atomic E-state index is 11.7. The van der Waals surface area contributed by atoms with E-state index in [9.17, 15) is 29.4 Å². The van der Waals surface area contributed by atoms with Gasteiger partial charge in [0.2, 0.25) is 0 Å². The van der Waals surface area contributed by atoms with Crippen LogP contribution in [0.25, 0.3) is 0 Å². The van der Waals surface area contributed by atoms with E-state index in [1.54, 1.807) is 0 Å². The van der Waals surface area contributed by atoms with E-state index in [0.717, 1.165) is 0 Å². The lowest BCUT2D eigenvalue weighted by molar-refractivity contribution is -0.209. The summed E-state index contributed by atoms with van der Waals surface area (Å²) in [5.74, 6) is -2.08. The number of carbonyl (C=O) groups is 4. The number of aliphatic imine (C=N–C) groups is 2. The Morgan fingerprint density at radius 1 is 0.739 bits per heavy atom. The van der Waals surface area contributed by atoms with E-state index in [2.05, 4.69) is 20.6 Å². The molecular weight excluding hydrogens is 656 g/mol. The molecule has 18 nitrogen and oxygen atoms in total. The molecule has 0 aromatic heterocycles. The van der Waals surface area contributed by atoms with Crippen molar-refractivity contribution in [3.63, 3.8) is 0 Å². The lowest BCUT2D eigenvalue weighted by atomic mass is 9.97. The van der Waals surface area contributed by atoms with Crippen molar-refractivity contribution in [3.8, 4) is 0 Å². The van der Waals surface area contributed by atoms with Gasteiger partial charge in [0, 0.05) is 27.7 Å². The van der Waals surface area contributed by atoms with Crippen molar-refractivity contribution < 1.29 is 68.0 Å². The van der Waals surface area contributed by atoms with Crippen LogP contribution in [0.1, 0.15) is 27.7 Å². The molecule has 4 heterocycles. The van der Waals surface area contributed by atoms with Crippen LogP contribution < -0.4 is 10.6 Å². The van der Waals surface area contributed by atoms with Gasteiger partial charge in [0.15, 0.2) is 22.5 Å². The second-order valence-corrected chi connectivity index (χ2v) is 12.4. The summed E-state index contributed by atoms with van der Waals surface area (Å²) < 4.78 is 32.0. The predicted molar refractivity (Wildman–Crippen MR) is 162 cm³/mol.